The minimum absolute atomic E-state index is 0.200. The fraction of sp³-hybridized carbons (Fsp3) is 0.917. The highest BCUT2D eigenvalue weighted by atomic mass is 16.3. The minimum atomic E-state index is -0.329. The van der Waals surface area contributed by atoms with E-state index in [4.69, 9.17) is 0 Å². The van der Waals surface area contributed by atoms with Gasteiger partial charge in [0.15, 0.2) is 0 Å². The van der Waals surface area contributed by atoms with Crippen molar-refractivity contribution in [3.63, 3.8) is 0 Å². The summed E-state index contributed by atoms with van der Waals surface area (Å²) in [4.78, 5) is 13.9. The Morgan fingerprint density at radius 2 is 2.07 bits per heavy atom. The quantitative estimate of drug-likeness (QED) is 0.709. The SMILES string of the molecule is CC1CCN(C(=O)C2CC2(C)C)CC1O. The first kappa shape index (κ1) is 10.9. The van der Waals surface area contributed by atoms with Crippen molar-refractivity contribution in [2.75, 3.05) is 13.1 Å². The number of β-amino-alcohol motifs (C(OH)–C–C–N with tert-alkyl or cyclic N) is 1. The second-order valence-corrected chi connectivity index (χ2v) is 5.86. The largest absolute Gasteiger partial charge is 0.391 e. The third kappa shape index (κ3) is 2.03. The van der Waals surface area contributed by atoms with Crippen molar-refractivity contribution in [3.05, 3.63) is 0 Å². The summed E-state index contributed by atoms with van der Waals surface area (Å²) in [6.45, 7) is 7.68. The van der Waals surface area contributed by atoms with Crippen LogP contribution >= 0.6 is 0 Å². The summed E-state index contributed by atoms with van der Waals surface area (Å²) in [6.07, 6.45) is 1.61. The van der Waals surface area contributed by atoms with E-state index in [9.17, 15) is 9.90 Å². The van der Waals surface area contributed by atoms with Crippen LogP contribution in [0.15, 0.2) is 0 Å². The van der Waals surface area contributed by atoms with Gasteiger partial charge in [0.1, 0.15) is 0 Å². The van der Waals surface area contributed by atoms with Gasteiger partial charge in [0.25, 0.3) is 0 Å². The number of carbonyl (C=O) groups excluding carboxylic acids is 1. The molecule has 1 saturated heterocycles. The van der Waals surface area contributed by atoms with Crippen LogP contribution in [0.5, 0.6) is 0 Å². The fourth-order valence-corrected chi connectivity index (χ4v) is 2.36. The highest BCUT2D eigenvalue weighted by molar-refractivity contribution is 5.82. The van der Waals surface area contributed by atoms with Gasteiger partial charge in [-0.05, 0) is 24.2 Å². The van der Waals surface area contributed by atoms with Crippen molar-refractivity contribution in [1.29, 1.82) is 0 Å². The molecule has 2 aliphatic rings. The van der Waals surface area contributed by atoms with Crippen molar-refractivity contribution in [1.82, 2.24) is 4.90 Å². The molecule has 0 aromatic carbocycles. The molecule has 1 aliphatic heterocycles. The number of amides is 1. The van der Waals surface area contributed by atoms with E-state index in [0.29, 0.717) is 12.5 Å². The molecule has 1 aliphatic carbocycles. The van der Waals surface area contributed by atoms with Gasteiger partial charge in [0.2, 0.25) is 5.91 Å². The minimum Gasteiger partial charge on any atom is -0.391 e. The first-order valence-corrected chi connectivity index (χ1v) is 5.88. The maximum Gasteiger partial charge on any atom is 0.226 e. The van der Waals surface area contributed by atoms with Crippen LogP contribution in [0, 0.1) is 17.3 Å². The zero-order valence-corrected chi connectivity index (χ0v) is 9.86. The van der Waals surface area contributed by atoms with Gasteiger partial charge in [0, 0.05) is 19.0 Å². The standard InChI is InChI=1S/C12H21NO2/c1-8-4-5-13(7-10(8)14)11(15)9-6-12(9,2)3/h8-10,14H,4-7H2,1-3H3. The van der Waals surface area contributed by atoms with Gasteiger partial charge in [-0.1, -0.05) is 20.8 Å². The normalized spacial score (nSPS) is 38.9. The van der Waals surface area contributed by atoms with Crippen LogP contribution in [0.3, 0.4) is 0 Å². The molecule has 2 fully saturated rings. The topological polar surface area (TPSA) is 40.5 Å². The Morgan fingerprint density at radius 3 is 2.53 bits per heavy atom. The molecular formula is C12H21NO2. The molecular weight excluding hydrogens is 190 g/mol. The number of likely N-dealkylation sites (tertiary alicyclic amines) is 1. The predicted molar refractivity (Wildman–Crippen MR) is 58.3 cm³/mol. The molecule has 1 amide bonds. The number of hydrogen-bond donors (Lipinski definition) is 1. The van der Waals surface area contributed by atoms with Gasteiger partial charge in [-0.15, -0.1) is 0 Å². The monoisotopic (exact) mass is 211 g/mol. The van der Waals surface area contributed by atoms with Gasteiger partial charge < -0.3 is 10.0 Å². The summed E-state index contributed by atoms with van der Waals surface area (Å²) >= 11 is 0. The van der Waals surface area contributed by atoms with Crippen LogP contribution in [-0.4, -0.2) is 35.1 Å². The van der Waals surface area contributed by atoms with Crippen molar-refractivity contribution >= 4 is 5.91 Å². The summed E-state index contributed by atoms with van der Waals surface area (Å²) in [6, 6.07) is 0. The van der Waals surface area contributed by atoms with Crippen LogP contribution < -0.4 is 0 Å². The molecule has 3 atom stereocenters. The van der Waals surface area contributed by atoms with Crippen LogP contribution in [0.4, 0.5) is 0 Å². The number of rotatable bonds is 1. The van der Waals surface area contributed by atoms with E-state index in [1.54, 1.807) is 0 Å². The number of aliphatic hydroxyl groups excluding tert-OH is 1. The molecule has 15 heavy (non-hydrogen) atoms. The molecule has 3 nitrogen and oxygen atoms in total. The predicted octanol–water partition coefficient (Wildman–Crippen LogP) is 1.26. The molecule has 0 radical (unpaired) electrons. The lowest BCUT2D eigenvalue weighted by Crippen LogP contribution is -2.46. The maximum absolute atomic E-state index is 12.0. The fourth-order valence-electron chi connectivity index (χ4n) is 2.36. The first-order chi connectivity index (χ1) is 6.92. The molecule has 3 heteroatoms. The third-order valence-corrected chi connectivity index (χ3v) is 4.04. The number of piperidine rings is 1. The highest BCUT2D eigenvalue weighted by Crippen LogP contribution is 2.52. The Labute approximate surface area is 91.5 Å². The molecule has 0 aromatic heterocycles. The van der Waals surface area contributed by atoms with E-state index in [1.807, 2.05) is 11.8 Å². The van der Waals surface area contributed by atoms with E-state index >= 15 is 0 Å². The lowest BCUT2D eigenvalue weighted by molar-refractivity contribution is -0.137. The summed E-state index contributed by atoms with van der Waals surface area (Å²) in [7, 11) is 0. The number of aliphatic hydroxyl groups is 1. The zero-order chi connectivity index (χ0) is 11.2. The van der Waals surface area contributed by atoms with Gasteiger partial charge in [-0.2, -0.15) is 0 Å². The molecule has 86 valence electrons. The Balaban J connectivity index is 1.92. The highest BCUT2D eigenvalue weighted by Gasteiger charge is 2.52. The maximum atomic E-state index is 12.0. The van der Waals surface area contributed by atoms with E-state index < -0.39 is 0 Å². The lowest BCUT2D eigenvalue weighted by atomic mass is 9.95. The van der Waals surface area contributed by atoms with Crippen molar-refractivity contribution < 1.29 is 9.90 Å². The van der Waals surface area contributed by atoms with Gasteiger partial charge in [-0.3, -0.25) is 4.79 Å². The second-order valence-electron chi connectivity index (χ2n) is 5.86. The first-order valence-electron chi connectivity index (χ1n) is 5.88. The summed E-state index contributed by atoms with van der Waals surface area (Å²) in [5.41, 5.74) is 0.200. The number of hydrogen-bond acceptors (Lipinski definition) is 2. The smallest absolute Gasteiger partial charge is 0.226 e. The summed E-state index contributed by atoms with van der Waals surface area (Å²) < 4.78 is 0. The van der Waals surface area contributed by atoms with Crippen LogP contribution in [-0.2, 0) is 4.79 Å². The van der Waals surface area contributed by atoms with Crippen LogP contribution in [0.2, 0.25) is 0 Å². The molecule has 1 heterocycles. The summed E-state index contributed by atoms with van der Waals surface area (Å²) in [5.74, 6) is 0.797. The average molecular weight is 211 g/mol. The second kappa shape index (κ2) is 3.48. The molecule has 2 rings (SSSR count). The average Bonchev–Trinajstić information content (AvgIpc) is 2.79. The Morgan fingerprint density at radius 1 is 1.47 bits per heavy atom. The van der Waals surface area contributed by atoms with Crippen molar-refractivity contribution in [2.24, 2.45) is 17.3 Å². The van der Waals surface area contributed by atoms with Crippen LogP contribution in [0.1, 0.15) is 33.6 Å². The Hall–Kier alpha value is -0.570. The Bertz CT molecular complexity index is 275. The van der Waals surface area contributed by atoms with E-state index in [2.05, 4.69) is 13.8 Å². The zero-order valence-electron chi connectivity index (χ0n) is 9.86. The molecule has 0 bridgehead atoms. The molecule has 1 saturated carbocycles. The van der Waals surface area contributed by atoms with Gasteiger partial charge in [0.05, 0.1) is 6.10 Å². The van der Waals surface area contributed by atoms with E-state index in [-0.39, 0.29) is 23.3 Å². The summed E-state index contributed by atoms with van der Waals surface area (Å²) in [5, 5.41) is 9.74. The molecule has 0 spiro atoms. The van der Waals surface area contributed by atoms with Gasteiger partial charge >= 0.3 is 0 Å². The van der Waals surface area contributed by atoms with E-state index in [0.717, 1.165) is 19.4 Å². The molecule has 1 N–H and O–H groups in total. The molecule has 3 unspecified atom stereocenters. The number of carbonyl (C=O) groups is 1. The van der Waals surface area contributed by atoms with Crippen LogP contribution in [0.25, 0.3) is 0 Å². The van der Waals surface area contributed by atoms with Crippen molar-refractivity contribution in [3.8, 4) is 0 Å². The van der Waals surface area contributed by atoms with Gasteiger partial charge in [-0.25, -0.2) is 0 Å². The Kier molecular flexibility index (Phi) is 2.53. The lowest BCUT2D eigenvalue weighted by Gasteiger charge is -2.34. The third-order valence-electron chi connectivity index (χ3n) is 4.04. The molecule has 0 aromatic rings. The van der Waals surface area contributed by atoms with Crippen molar-refractivity contribution in [2.45, 2.75) is 39.7 Å². The number of nitrogens with zero attached hydrogens (tertiary/aromatic N) is 1. The van der Waals surface area contributed by atoms with E-state index in [1.165, 1.54) is 0 Å².